The molecule has 20 heavy (non-hydrogen) atoms. The van der Waals surface area contributed by atoms with Gasteiger partial charge in [0, 0.05) is 32.6 Å². The Morgan fingerprint density at radius 2 is 2.10 bits per heavy atom. The molecule has 0 saturated carbocycles. The van der Waals surface area contributed by atoms with E-state index in [0.29, 0.717) is 38.5 Å². The lowest BCUT2D eigenvalue weighted by molar-refractivity contribution is -0.384. The van der Waals surface area contributed by atoms with Gasteiger partial charge in [-0.15, -0.1) is 0 Å². The van der Waals surface area contributed by atoms with Crippen LogP contribution in [0.25, 0.3) is 0 Å². The molecule has 1 fully saturated rings. The van der Waals surface area contributed by atoms with Gasteiger partial charge in [0.1, 0.15) is 6.20 Å². The van der Waals surface area contributed by atoms with E-state index in [-0.39, 0.29) is 17.4 Å². The first-order valence-electron chi connectivity index (χ1n) is 6.32. The fourth-order valence-corrected chi connectivity index (χ4v) is 2.05. The average Bonchev–Trinajstić information content (AvgIpc) is 2.46. The number of nitro groups is 1. The third-order valence-corrected chi connectivity index (χ3v) is 3.20. The van der Waals surface area contributed by atoms with Crippen LogP contribution in [0.15, 0.2) is 6.20 Å². The molecule has 0 bridgehead atoms. The molecule has 1 amide bonds. The summed E-state index contributed by atoms with van der Waals surface area (Å²) < 4.78 is 0. The van der Waals surface area contributed by atoms with Crippen molar-refractivity contribution in [3.05, 3.63) is 16.3 Å². The number of aromatic nitrogens is 2. The van der Waals surface area contributed by atoms with E-state index in [1.54, 1.807) is 4.90 Å². The largest absolute Gasteiger partial charge is 0.378 e. The maximum atomic E-state index is 11.6. The van der Waals surface area contributed by atoms with Crippen LogP contribution in [-0.2, 0) is 4.79 Å². The molecule has 1 aliphatic heterocycles. The summed E-state index contributed by atoms with van der Waals surface area (Å²) in [6.07, 6.45) is 1.60. The van der Waals surface area contributed by atoms with Crippen molar-refractivity contribution in [3.63, 3.8) is 0 Å². The van der Waals surface area contributed by atoms with Crippen molar-refractivity contribution in [1.29, 1.82) is 0 Å². The van der Waals surface area contributed by atoms with E-state index in [1.165, 1.54) is 0 Å². The molecule has 1 aliphatic rings. The summed E-state index contributed by atoms with van der Waals surface area (Å²) >= 11 is 0. The Bertz CT molecular complexity index is 527. The third-order valence-electron chi connectivity index (χ3n) is 3.20. The molecule has 2 rings (SSSR count). The topological polar surface area (TPSA) is 118 Å². The Hall–Kier alpha value is -2.45. The van der Waals surface area contributed by atoms with E-state index in [1.807, 2.05) is 11.8 Å². The first-order chi connectivity index (χ1) is 9.52. The van der Waals surface area contributed by atoms with Crippen molar-refractivity contribution >= 4 is 23.4 Å². The molecule has 0 spiro atoms. The number of hydrogen-bond donors (Lipinski definition) is 1. The Balaban J connectivity index is 2.06. The smallest absolute Gasteiger partial charge is 0.329 e. The predicted molar refractivity (Wildman–Crippen MR) is 72.2 cm³/mol. The average molecular weight is 280 g/mol. The number of carbonyl (C=O) groups excluding carboxylic acids is 1. The van der Waals surface area contributed by atoms with Gasteiger partial charge < -0.3 is 15.5 Å². The summed E-state index contributed by atoms with van der Waals surface area (Å²) in [4.78, 5) is 33.2. The number of carbonyl (C=O) groups is 1. The number of nitrogens with zero attached hydrogens (tertiary/aromatic N) is 5. The monoisotopic (exact) mass is 280 g/mol. The fraction of sp³-hybridized carbons (Fsp3) is 0.545. The minimum atomic E-state index is -0.614. The fourth-order valence-electron chi connectivity index (χ4n) is 2.05. The predicted octanol–water partition coefficient (Wildman–Crippen LogP) is 0.0256. The summed E-state index contributed by atoms with van der Waals surface area (Å²) in [5, 5.41) is 10.6. The minimum Gasteiger partial charge on any atom is -0.378 e. The van der Waals surface area contributed by atoms with Gasteiger partial charge in [0.2, 0.25) is 17.7 Å². The van der Waals surface area contributed by atoms with Gasteiger partial charge in [-0.3, -0.25) is 14.9 Å². The highest BCUT2D eigenvalue weighted by molar-refractivity contribution is 5.76. The summed E-state index contributed by atoms with van der Waals surface area (Å²) in [6.45, 7) is 4.18. The number of hydrogen-bond acceptors (Lipinski definition) is 7. The van der Waals surface area contributed by atoms with Crippen LogP contribution in [0.3, 0.4) is 0 Å². The second-order valence-corrected chi connectivity index (χ2v) is 4.42. The zero-order valence-electron chi connectivity index (χ0n) is 11.2. The molecule has 108 valence electrons. The van der Waals surface area contributed by atoms with E-state index < -0.39 is 4.92 Å². The summed E-state index contributed by atoms with van der Waals surface area (Å²) in [6, 6.07) is 0. The van der Waals surface area contributed by atoms with Crippen molar-refractivity contribution < 1.29 is 9.72 Å². The SMILES string of the molecule is CCC(=O)N1CCN(c2ncc([N+](=O)[O-])c(N)n2)CC1. The minimum absolute atomic E-state index is 0.119. The van der Waals surface area contributed by atoms with Gasteiger partial charge in [-0.1, -0.05) is 6.92 Å². The Morgan fingerprint density at radius 1 is 1.45 bits per heavy atom. The lowest BCUT2D eigenvalue weighted by atomic mass is 10.3. The number of nitrogens with two attached hydrogens (primary N) is 1. The molecule has 0 aromatic carbocycles. The molecule has 1 aromatic rings. The van der Waals surface area contributed by atoms with E-state index in [9.17, 15) is 14.9 Å². The van der Waals surface area contributed by atoms with Crippen LogP contribution in [0.4, 0.5) is 17.5 Å². The molecule has 0 aliphatic carbocycles. The Labute approximate surface area is 115 Å². The van der Waals surface area contributed by atoms with Gasteiger partial charge in [0.05, 0.1) is 4.92 Å². The lowest BCUT2D eigenvalue weighted by Gasteiger charge is -2.34. The molecule has 9 heteroatoms. The van der Waals surface area contributed by atoms with Gasteiger partial charge in [-0.05, 0) is 0 Å². The van der Waals surface area contributed by atoms with Crippen molar-refractivity contribution in [3.8, 4) is 0 Å². The van der Waals surface area contributed by atoms with E-state index in [4.69, 9.17) is 5.73 Å². The Morgan fingerprint density at radius 3 is 2.60 bits per heavy atom. The van der Waals surface area contributed by atoms with Gasteiger partial charge in [-0.2, -0.15) is 4.98 Å². The zero-order valence-corrected chi connectivity index (χ0v) is 11.2. The van der Waals surface area contributed by atoms with Crippen LogP contribution in [0.1, 0.15) is 13.3 Å². The van der Waals surface area contributed by atoms with Crippen LogP contribution in [0.2, 0.25) is 0 Å². The van der Waals surface area contributed by atoms with Crippen LogP contribution < -0.4 is 10.6 Å². The zero-order chi connectivity index (χ0) is 14.7. The van der Waals surface area contributed by atoms with Crippen molar-refractivity contribution in [2.75, 3.05) is 36.8 Å². The van der Waals surface area contributed by atoms with Gasteiger partial charge in [0.15, 0.2) is 0 Å². The van der Waals surface area contributed by atoms with Gasteiger partial charge in [-0.25, -0.2) is 4.98 Å². The highest BCUT2D eigenvalue weighted by Crippen LogP contribution is 2.20. The molecule has 1 saturated heterocycles. The van der Waals surface area contributed by atoms with Crippen LogP contribution in [0.5, 0.6) is 0 Å². The van der Waals surface area contributed by atoms with Crippen molar-refractivity contribution in [2.45, 2.75) is 13.3 Å². The number of piperazine rings is 1. The molecule has 0 unspecified atom stereocenters. The molecular formula is C11H16N6O3. The highest BCUT2D eigenvalue weighted by Gasteiger charge is 2.23. The van der Waals surface area contributed by atoms with Gasteiger partial charge in [0.25, 0.3) is 0 Å². The van der Waals surface area contributed by atoms with E-state index >= 15 is 0 Å². The number of rotatable bonds is 3. The first kappa shape index (κ1) is 14.0. The first-order valence-corrected chi connectivity index (χ1v) is 6.32. The van der Waals surface area contributed by atoms with Crippen molar-refractivity contribution in [1.82, 2.24) is 14.9 Å². The molecule has 1 aromatic heterocycles. The normalized spacial score (nSPS) is 15.2. The van der Waals surface area contributed by atoms with E-state index in [2.05, 4.69) is 9.97 Å². The Kier molecular flexibility index (Phi) is 3.97. The molecule has 0 radical (unpaired) electrons. The van der Waals surface area contributed by atoms with E-state index in [0.717, 1.165) is 6.20 Å². The number of anilines is 2. The second-order valence-electron chi connectivity index (χ2n) is 4.42. The second kappa shape index (κ2) is 5.68. The standard InChI is InChI=1S/C11H16N6O3/c1-2-9(18)15-3-5-16(6-4-15)11-13-7-8(17(19)20)10(12)14-11/h7H,2-6H2,1H3,(H2,12,13,14). The quantitative estimate of drug-likeness (QED) is 0.612. The molecular weight excluding hydrogens is 264 g/mol. The van der Waals surface area contributed by atoms with Crippen LogP contribution in [0, 0.1) is 10.1 Å². The molecule has 2 heterocycles. The number of amides is 1. The van der Waals surface area contributed by atoms with Crippen molar-refractivity contribution in [2.24, 2.45) is 0 Å². The molecule has 2 N–H and O–H groups in total. The van der Waals surface area contributed by atoms with Crippen LogP contribution in [-0.4, -0.2) is 51.9 Å². The maximum Gasteiger partial charge on any atom is 0.329 e. The highest BCUT2D eigenvalue weighted by atomic mass is 16.6. The van der Waals surface area contributed by atoms with Gasteiger partial charge >= 0.3 is 5.69 Å². The third kappa shape index (κ3) is 2.76. The summed E-state index contributed by atoms with van der Waals surface area (Å²) in [5.41, 5.74) is 5.24. The van der Waals surface area contributed by atoms with Crippen LogP contribution >= 0.6 is 0 Å². The maximum absolute atomic E-state index is 11.6. The lowest BCUT2D eigenvalue weighted by Crippen LogP contribution is -2.49. The summed E-state index contributed by atoms with van der Waals surface area (Å²) in [7, 11) is 0. The molecule has 9 nitrogen and oxygen atoms in total. The molecule has 0 atom stereocenters. The summed E-state index contributed by atoms with van der Waals surface area (Å²) in [5.74, 6) is 0.331. The number of nitrogen functional groups attached to an aromatic ring is 1.